The number of hydrogen-bond donors (Lipinski definition) is 1. The second-order valence-corrected chi connectivity index (χ2v) is 6.45. The first-order valence-corrected chi connectivity index (χ1v) is 8.07. The van der Waals surface area contributed by atoms with E-state index in [9.17, 15) is 0 Å². The van der Waals surface area contributed by atoms with Gasteiger partial charge in [-0.05, 0) is 64.1 Å². The number of piperidine rings is 1. The van der Waals surface area contributed by atoms with Crippen LogP contribution in [0.4, 0.5) is 0 Å². The third-order valence-electron chi connectivity index (χ3n) is 3.96. The van der Waals surface area contributed by atoms with Crippen LogP contribution in [0.5, 0.6) is 5.75 Å². The van der Waals surface area contributed by atoms with Gasteiger partial charge in [0.25, 0.3) is 0 Å². The van der Waals surface area contributed by atoms with Gasteiger partial charge in [0.05, 0.1) is 6.61 Å². The highest BCUT2D eigenvalue weighted by Crippen LogP contribution is 2.26. The molecule has 0 amide bonds. The molecule has 1 aliphatic rings. The zero-order valence-corrected chi connectivity index (χ0v) is 13.5. The van der Waals surface area contributed by atoms with Gasteiger partial charge in [0.1, 0.15) is 5.75 Å². The van der Waals surface area contributed by atoms with Crippen molar-refractivity contribution < 1.29 is 4.74 Å². The summed E-state index contributed by atoms with van der Waals surface area (Å²) >= 11 is 3.54. The van der Waals surface area contributed by atoms with Crippen LogP contribution < -0.4 is 10.1 Å². The molecule has 0 bridgehead atoms. The predicted octanol–water partition coefficient (Wildman–Crippen LogP) is 4.30. The van der Waals surface area contributed by atoms with Crippen molar-refractivity contribution in [1.29, 1.82) is 0 Å². The summed E-state index contributed by atoms with van der Waals surface area (Å²) in [6, 6.07) is 6.82. The second-order valence-electron chi connectivity index (χ2n) is 5.60. The van der Waals surface area contributed by atoms with E-state index in [1.807, 2.05) is 12.1 Å². The van der Waals surface area contributed by atoms with Crippen molar-refractivity contribution in [1.82, 2.24) is 5.32 Å². The predicted molar refractivity (Wildman–Crippen MR) is 83.8 cm³/mol. The Labute approximate surface area is 125 Å². The van der Waals surface area contributed by atoms with E-state index in [-0.39, 0.29) is 0 Å². The molecule has 2 atom stereocenters. The summed E-state index contributed by atoms with van der Waals surface area (Å²) < 4.78 is 7.01. The van der Waals surface area contributed by atoms with E-state index in [0.29, 0.717) is 6.04 Å². The van der Waals surface area contributed by atoms with Crippen molar-refractivity contribution in [2.75, 3.05) is 13.2 Å². The molecule has 1 heterocycles. The fourth-order valence-corrected chi connectivity index (χ4v) is 3.14. The van der Waals surface area contributed by atoms with Gasteiger partial charge in [-0.3, -0.25) is 0 Å². The monoisotopic (exact) mass is 325 g/mol. The van der Waals surface area contributed by atoms with Gasteiger partial charge in [-0.25, -0.2) is 0 Å². The minimum atomic E-state index is 0.687. The average molecular weight is 326 g/mol. The Morgan fingerprint density at radius 2 is 2.26 bits per heavy atom. The number of nitrogens with one attached hydrogen (secondary N) is 1. The Hall–Kier alpha value is -0.540. The summed E-state index contributed by atoms with van der Waals surface area (Å²) in [4.78, 5) is 0. The minimum absolute atomic E-state index is 0.687. The van der Waals surface area contributed by atoms with Crippen molar-refractivity contribution in [2.45, 2.75) is 45.6 Å². The van der Waals surface area contributed by atoms with E-state index in [1.54, 1.807) is 0 Å². The number of benzene rings is 1. The van der Waals surface area contributed by atoms with Gasteiger partial charge >= 0.3 is 0 Å². The molecule has 0 aliphatic carbocycles. The molecule has 19 heavy (non-hydrogen) atoms. The molecular formula is C16H24BrNO. The van der Waals surface area contributed by atoms with E-state index in [4.69, 9.17) is 4.74 Å². The zero-order chi connectivity index (χ0) is 13.7. The van der Waals surface area contributed by atoms with Crippen LogP contribution in [0.1, 0.15) is 38.2 Å². The molecule has 2 nitrogen and oxygen atoms in total. The van der Waals surface area contributed by atoms with E-state index in [1.165, 1.54) is 31.4 Å². The molecule has 0 radical (unpaired) electrons. The van der Waals surface area contributed by atoms with Gasteiger partial charge in [-0.2, -0.15) is 0 Å². The van der Waals surface area contributed by atoms with E-state index in [0.717, 1.165) is 29.2 Å². The zero-order valence-electron chi connectivity index (χ0n) is 11.9. The lowest BCUT2D eigenvalue weighted by atomic mass is 9.89. The van der Waals surface area contributed by atoms with Crippen molar-refractivity contribution >= 4 is 15.9 Å². The van der Waals surface area contributed by atoms with Gasteiger partial charge in [0.15, 0.2) is 0 Å². The van der Waals surface area contributed by atoms with Gasteiger partial charge in [-0.1, -0.05) is 22.0 Å². The fraction of sp³-hybridized carbons (Fsp3) is 0.625. The van der Waals surface area contributed by atoms with Crippen molar-refractivity contribution in [3.63, 3.8) is 0 Å². The molecule has 1 N–H and O–H groups in total. The number of rotatable bonds is 5. The Morgan fingerprint density at radius 1 is 1.42 bits per heavy atom. The summed E-state index contributed by atoms with van der Waals surface area (Å²) in [5.74, 6) is 1.89. The Morgan fingerprint density at radius 3 is 3.05 bits per heavy atom. The standard InChI is InChI=1S/C16H24BrNO/c1-12-11-14(8-9-18-12)5-4-10-19-16-7-3-6-15(17)13(16)2/h3,6-7,12,14,18H,4-5,8-11H2,1-2H3/t12-,14+/m1/s1. The van der Waals surface area contributed by atoms with Gasteiger partial charge < -0.3 is 10.1 Å². The molecule has 1 aliphatic heterocycles. The van der Waals surface area contributed by atoms with E-state index < -0.39 is 0 Å². The largest absolute Gasteiger partial charge is 0.493 e. The lowest BCUT2D eigenvalue weighted by Gasteiger charge is -2.27. The summed E-state index contributed by atoms with van der Waals surface area (Å²) in [6.07, 6.45) is 5.08. The highest BCUT2D eigenvalue weighted by molar-refractivity contribution is 9.10. The first kappa shape index (κ1) is 14.9. The smallest absolute Gasteiger partial charge is 0.123 e. The van der Waals surface area contributed by atoms with Crippen molar-refractivity contribution in [3.05, 3.63) is 28.2 Å². The average Bonchev–Trinajstić information content (AvgIpc) is 2.39. The van der Waals surface area contributed by atoms with E-state index in [2.05, 4.69) is 41.2 Å². The Balaban J connectivity index is 1.70. The summed E-state index contributed by atoms with van der Waals surface area (Å²) in [6.45, 7) is 6.38. The molecule has 3 heteroatoms. The number of halogens is 1. The minimum Gasteiger partial charge on any atom is -0.493 e. The summed E-state index contributed by atoms with van der Waals surface area (Å²) in [5.41, 5.74) is 1.19. The molecule has 106 valence electrons. The van der Waals surface area contributed by atoms with Crippen molar-refractivity contribution in [2.24, 2.45) is 5.92 Å². The number of hydrogen-bond acceptors (Lipinski definition) is 2. The highest BCUT2D eigenvalue weighted by Gasteiger charge is 2.17. The van der Waals surface area contributed by atoms with Crippen LogP contribution in [0.2, 0.25) is 0 Å². The van der Waals surface area contributed by atoms with E-state index >= 15 is 0 Å². The highest BCUT2D eigenvalue weighted by atomic mass is 79.9. The molecule has 0 saturated carbocycles. The van der Waals surface area contributed by atoms with Crippen LogP contribution in [0, 0.1) is 12.8 Å². The van der Waals surface area contributed by atoms with Gasteiger partial charge in [-0.15, -0.1) is 0 Å². The first-order chi connectivity index (χ1) is 9.16. The lowest BCUT2D eigenvalue weighted by molar-refractivity contribution is 0.255. The maximum atomic E-state index is 5.89. The molecule has 1 saturated heterocycles. The second kappa shape index (κ2) is 7.30. The van der Waals surface area contributed by atoms with Crippen LogP contribution >= 0.6 is 15.9 Å². The topological polar surface area (TPSA) is 21.3 Å². The molecular weight excluding hydrogens is 302 g/mol. The van der Waals surface area contributed by atoms with Crippen LogP contribution in [0.15, 0.2) is 22.7 Å². The molecule has 1 aromatic rings. The van der Waals surface area contributed by atoms with Crippen molar-refractivity contribution in [3.8, 4) is 5.75 Å². The molecule has 0 aromatic heterocycles. The summed E-state index contributed by atoms with van der Waals surface area (Å²) in [7, 11) is 0. The quantitative estimate of drug-likeness (QED) is 0.815. The SMILES string of the molecule is Cc1c(Br)cccc1OCCC[C@H]1CCN[C@H](C)C1. The van der Waals surface area contributed by atoms with Crippen LogP contribution in [0.3, 0.4) is 0 Å². The Bertz CT molecular complexity index is 408. The lowest BCUT2D eigenvalue weighted by Crippen LogP contribution is -2.35. The molecule has 1 fully saturated rings. The normalized spacial score (nSPS) is 23.3. The third-order valence-corrected chi connectivity index (χ3v) is 4.82. The Kier molecular flexibility index (Phi) is 5.71. The van der Waals surface area contributed by atoms with Crippen LogP contribution in [0.25, 0.3) is 0 Å². The van der Waals surface area contributed by atoms with Gasteiger partial charge in [0, 0.05) is 16.1 Å². The number of ether oxygens (including phenoxy) is 1. The molecule has 0 unspecified atom stereocenters. The summed E-state index contributed by atoms with van der Waals surface area (Å²) in [5, 5.41) is 3.51. The molecule has 2 rings (SSSR count). The molecule has 0 spiro atoms. The maximum absolute atomic E-state index is 5.89. The first-order valence-electron chi connectivity index (χ1n) is 7.28. The molecule has 1 aromatic carbocycles. The van der Waals surface area contributed by atoms with Crippen LogP contribution in [-0.4, -0.2) is 19.2 Å². The van der Waals surface area contributed by atoms with Gasteiger partial charge in [0.2, 0.25) is 0 Å². The maximum Gasteiger partial charge on any atom is 0.123 e. The third kappa shape index (κ3) is 4.50. The van der Waals surface area contributed by atoms with Crippen LogP contribution in [-0.2, 0) is 0 Å². The fourth-order valence-electron chi connectivity index (χ4n) is 2.80.